The molecule has 0 aliphatic heterocycles. The molecule has 6 aromatic heterocycles. The number of nitrogens with zero attached hydrogens (tertiary/aromatic N) is 8. The molecular weight excluding hydrogens is 1320 g/mol. The highest BCUT2D eigenvalue weighted by molar-refractivity contribution is 6.13. The molecule has 106 heavy (non-hydrogen) atoms. The van der Waals surface area contributed by atoms with E-state index in [9.17, 15) is 9.59 Å². The van der Waals surface area contributed by atoms with Crippen molar-refractivity contribution in [3.8, 4) is 80.1 Å². The summed E-state index contributed by atoms with van der Waals surface area (Å²) in [6.45, 7) is 11.6. The zero-order valence-corrected chi connectivity index (χ0v) is 58.6. The van der Waals surface area contributed by atoms with Gasteiger partial charge in [0.25, 0.3) is 0 Å². The quantitative estimate of drug-likeness (QED) is 0.0427. The van der Waals surface area contributed by atoms with E-state index in [0.717, 1.165) is 83.6 Å². The Labute approximate surface area is 609 Å². The molecule has 0 N–H and O–H groups in total. The van der Waals surface area contributed by atoms with Gasteiger partial charge in [0.2, 0.25) is 23.6 Å². The molecule has 0 aliphatic rings. The number of fused-ring (bicyclic) bond motifs is 12. The van der Waals surface area contributed by atoms with Crippen molar-refractivity contribution >= 4 is 99.2 Å². The Morgan fingerprint density at radius 1 is 0.349 bits per heavy atom. The lowest BCUT2D eigenvalue weighted by Gasteiger charge is -2.20. The van der Waals surface area contributed by atoms with Crippen LogP contribution in [-0.2, 0) is 19.1 Å². The highest BCUT2D eigenvalue weighted by atomic mass is 16.6. The van der Waals surface area contributed by atoms with Gasteiger partial charge >= 0.3 is 11.9 Å². The summed E-state index contributed by atoms with van der Waals surface area (Å²) < 4.78 is 44.5. The molecule has 0 saturated carbocycles. The Morgan fingerprint density at radius 2 is 0.623 bits per heavy atom. The summed E-state index contributed by atoms with van der Waals surface area (Å²) in [5.74, 6) is 2.03. The normalized spacial score (nSPS) is 11.7. The van der Waals surface area contributed by atoms with Crippen LogP contribution in [0.15, 0.2) is 300 Å². The van der Waals surface area contributed by atoms with Gasteiger partial charge in [0.05, 0.1) is 49.5 Å². The van der Waals surface area contributed by atoms with E-state index in [2.05, 4.69) is 276 Å². The van der Waals surface area contributed by atoms with Crippen molar-refractivity contribution in [2.75, 3.05) is 26.4 Å². The standard InChI is InChI=1S/C46H38N4O4.C44H32N4O4/c1-4-46(2,3)45(51)53-25-24-52-34-15-13-14-30(28-34)43-47-48-44(54-43)31-26-32(49-39-20-9-5-16-35(39)36-17-6-10-21-40(36)49)29-33(27-31)50-41-22-11-7-18-37(41)38-19-8-12-23-42(38)50;1-28(2)44(49)51-23-22-50-33-13-11-12-29(26-33)42-45-46-43(52-42)30-24-31(47-38-18-7-3-14-34(38)35-15-4-8-19-39(35)47)27-32(25-30)48-40-20-9-5-16-36(40)37-17-6-10-21-41(37)48/h5-23,26-29H,4,24-25H2,1-3H3;3-21,24-27H,1,22-23H2,2H3. The summed E-state index contributed by atoms with van der Waals surface area (Å²) in [6.07, 6.45) is 0.701. The minimum absolute atomic E-state index is 0.108. The predicted octanol–water partition coefficient (Wildman–Crippen LogP) is 21.1. The number of aromatic nitrogens is 8. The Morgan fingerprint density at radius 3 is 0.906 bits per heavy atom. The van der Waals surface area contributed by atoms with E-state index in [1.54, 1.807) is 6.92 Å². The number of para-hydroxylation sites is 8. The van der Waals surface area contributed by atoms with Crippen LogP contribution in [0.1, 0.15) is 34.1 Å². The van der Waals surface area contributed by atoms with Gasteiger partial charge in [-0.15, -0.1) is 20.4 Å². The van der Waals surface area contributed by atoms with E-state index in [0.29, 0.717) is 52.6 Å². The van der Waals surface area contributed by atoms with Crippen molar-refractivity contribution in [3.63, 3.8) is 0 Å². The Balaban J connectivity index is 0.000000156. The molecule has 0 atom stereocenters. The zero-order valence-electron chi connectivity index (χ0n) is 58.6. The van der Waals surface area contributed by atoms with Gasteiger partial charge in [-0.2, -0.15) is 0 Å². The van der Waals surface area contributed by atoms with Crippen LogP contribution in [0.2, 0.25) is 0 Å². The Hall–Kier alpha value is -13.6. The molecule has 0 spiro atoms. The average molecular weight is 1390 g/mol. The third-order valence-electron chi connectivity index (χ3n) is 19.6. The first kappa shape index (κ1) is 65.7. The third-order valence-corrected chi connectivity index (χ3v) is 19.6. The number of hydrogen-bond donors (Lipinski definition) is 0. The minimum atomic E-state index is -0.525. The van der Waals surface area contributed by atoms with Gasteiger partial charge in [-0.1, -0.05) is 171 Å². The second-order valence-electron chi connectivity index (χ2n) is 26.8. The zero-order chi connectivity index (χ0) is 72.0. The van der Waals surface area contributed by atoms with Crippen LogP contribution in [0.4, 0.5) is 0 Å². The van der Waals surface area contributed by atoms with Crippen LogP contribution in [0, 0.1) is 5.41 Å². The van der Waals surface area contributed by atoms with E-state index in [1.807, 2.05) is 69.3 Å². The van der Waals surface area contributed by atoms with Gasteiger partial charge in [0, 0.05) is 93.7 Å². The topological polar surface area (TPSA) is 169 Å². The smallest absolute Gasteiger partial charge is 0.333 e. The maximum absolute atomic E-state index is 12.4. The molecule has 18 rings (SSSR count). The highest BCUT2D eigenvalue weighted by Gasteiger charge is 2.28. The van der Waals surface area contributed by atoms with E-state index in [1.165, 1.54) is 43.1 Å². The molecule has 518 valence electrons. The van der Waals surface area contributed by atoms with Crippen LogP contribution < -0.4 is 9.47 Å². The molecule has 0 amide bonds. The lowest BCUT2D eigenvalue weighted by molar-refractivity contribution is -0.154. The molecule has 18 aromatic rings. The molecule has 0 aliphatic carbocycles. The molecule has 0 unspecified atom stereocenters. The summed E-state index contributed by atoms with van der Waals surface area (Å²) in [7, 11) is 0. The fourth-order valence-corrected chi connectivity index (χ4v) is 14.2. The van der Waals surface area contributed by atoms with Crippen molar-refractivity contribution in [2.45, 2.75) is 34.1 Å². The highest BCUT2D eigenvalue weighted by Crippen LogP contribution is 2.42. The van der Waals surface area contributed by atoms with E-state index in [4.69, 9.17) is 27.8 Å². The number of carbonyl (C=O) groups excluding carboxylic acids is 2. The predicted molar refractivity (Wildman–Crippen MR) is 419 cm³/mol. The van der Waals surface area contributed by atoms with Crippen molar-refractivity contribution in [3.05, 3.63) is 291 Å². The minimum Gasteiger partial charge on any atom is -0.490 e. The first-order chi connectivity index (χ1) is 51.9. The monoisotopic (exact) mass is 1390 g/mol. The van der Waals surface area contributed by atoms with Crippen LogP contribution in [0.25, 0.3) is 156 Å². The molecular formula is C90H70N8O8. The SMILES string of the molecule is C=C(C)C(=O)OCCOc1cccc(-c2nnc(-c3cc(-n4c5ccccc5c5ccccc54)cc(-n4c5ccccc5c5ccccc54)c3)o2)c1.CCC(C)(C)C(=O)OCCOc1cccc(-c2nnc(-c3cc(-n4c5ccccc5c5ccccc54)cc(-n4c5ccccc5c5ccccc54)c3)o2)c1. The maximum Gasteiger partial charge on any atom is 0.333 e. The maximum atomic E-state index is 12.4. The van der Waals surface area contributed by atoms with E-state index < -0.39 is 11.4 Å². The number of hydrogen-bond acceptors (Lipinski definition) is 12. The van der Waals surface area contributed by atoms with Crippen LogP contribution in [0.5, 0.6) is 11.5 Å². The molecule has 0 bridgehead atoms. The largest absolute Gasteiger partial charge is 0.490 e. The van der Waals surface area contributed by atoms with Crippen molar-refractivity contribution in [1.29, 1.82) is 0 Å². The second kappa shape index (κ2) is 27.6. The molecule has 16 heteroatoms. The van der Waals surface area contributed by atoms with Crippen LogP contribution in [-0.4, -0.2) is 77.0 Å². The number of rotatable bonds is 19. The summed E-state index contributed by atoms with van der Waals surface area (Å²) in [4.78, 5) is 24.1. The molecule has 6 heterocycles. The fourth-order valence-electron chi connectivity index (χ4n) is 14.2. The Kier molecular flexibility index (Phi) is 17.1. The van der Waals surface area contributed by atoms with E-state index in [-0.39, 0.29) is 32.4 Å². The fraction of sp³-hybridized carbons (Fsp3) is 0.111. The number of esters is 2. The first-order valence-corrected chi connectivity index (χ1v) is 35.3. The van der Waals surface area contributed by atoms with Gasteiger partial charge in [0.1, 0.15) is 37.9 Å². The van der Waals surface area contributed by atoms with Crippen molar-refractivity contribution < 1.29 is 37.4 Å². The van der Waals surface area contributed by atoms with Gasteiger partial charge in [-0.05, 0) is 149 Å². The van der Waals surface area contributed by atoms with Crippen LogP contribution >= 0.6 is 0 Å². The first-order valence-electron chi connectivity index (χ1n) is 35.3. The van der Waals surface area contributed by atoms with Crippen LogP contribution in [0.3, 0.4) is 0 Å². The molecule has 12 aromatic carbocycles. The average Bonchev–Trinajstić information content (AvgIpc) is 1.58. The van der Waals surface area contributed by atoms with Gasteiger partial charge in [-0.25, -0.2) is 4.79 Å². The lowest BCUT2D eigenvalue weighted by Crippen LogP contribution is -2.27. The summed E-state index contributed by atoms with van der Waals surface area (Å²) in [5.41, 5.74) is 15.5. The van der Waals surface area contributed by atoms with Gasteiger partial charge in [-0.3, -0.25) is 4.79 Å². The molecule has 16 nitrogen and oxygen atoms in total. The van der Waals surface area contributed by atoms with Crippen molar-refractivity contribution in [2.24, 2.45) is 5.41 Å². The van der Waals surface area contributed by atoms with Gasteiger partial charge < -0.3 is 46.1 Å². The molecule has 0 fully saturated rings. The summed E-state index contributed by atoms with van der Waals surface area (Å²) in [5, 5.41) is 27.5. The Bertz CT molecular complexity index is 5960. The number of ether oxygens (including phenoxy) is 4. The lowest BCUT2D eigenvalue weighted by atomic mass is 9.91. The summed E-state index contributed by atoms with van der Waals surface area (Å²) in [6, 6.07) is 95.8. The summed E-state index contributed by atoms with van der Waals surface area (Å²) >= 11 is 0. The van der Waals surface area contributed by atoms with Gasteiger partial charge in [0.15, 0.2) is 0 Å². The number of benzene rings is 12. The third kappa shape index (κ3) is 12.2. The van der Waals surface area contributed by atoms with E-state index >= 15 is 0 Å². The second-order valence-corrected chi connectivity index (χ2v) is 26.8. The number of carbonyl (C=O) groups is 2. The molecule has 0 radical (unpaired) electrons. The molecule has 0 saturated heterocycles. The van der Waals surface area contributed by atoms with Crippen molar-refractivity contribution in [1.82, 2.24) is 38.7 Å².